The molecule has 0 bridgehead atoms. The summed E-state index contributed by atoms with van der Waals surface area (Å²) >= 11 is 0. The first-order valence-electron chi connectivity index (χ1n) is 4.44. The third-order valence-corrected chi connectivity index (χ3v) is 2.58. The molecule has 3 nitrogen and oxygen atoms in total. The fourth-order valence-electron chi connectivity index (χ4n) is 1.86. The van der Waals surface area contributed by atoms with Crippen LogP contribution >= 0.6 is 0 Å². The third kappa shape index (κ3) is 2.15. The quantitative estimate of drug-likeness (QED) is 0.462. The van der Waals surface area contributed by atoms with E-state index in [-0.39, 0.29) is 12.1 Å². The Morgan fingerprint density at radius 3 is 1.91 bits per heavy atom. The van der Waals surface area contributed by atoms with Crippen molar-refractivity contribution in [2.75, 3.05) is 7.05 Å². The van der Waals surface area contributed by atoms with Gasteiger partial charge in [0, 0.05) is 18.1 Å². The molecule has 1 rings (SSSR count). The van der Waals surface area contributed by atoms with Crippen LogP contribution in [0.25, 0.3) is 0 Å². The molecule has 2 atom stereocenters. The topological polar surface area (TPSA) is 64.1 Å². The van der Waals surface area contributed by atoms with E-state index >= 15 is 0 Å². The molecule has 2 unspecified atom stereocenters. The van der Waals surface area contributed by atoms with Gasteiger partial charge in [0.15, 0.2) is 0 Å². The normalized spacial score (nSPS) is 40.1. The minimum atomic E-state index is 0.248. The van der Waals surface area contributed by atoms with Crippen molar-refractivity contribution in [1.82, 2.24) is 5.32 Å². The highest BCUT2D eigenvalue weighted by Crippen LogP contribution is 2.15. The minimum Gasteiger partial charge on any atom is -0.326 e. The van der Waals surface area contributed by atoms with Gasteiger partial charge in [-0.3, -0.25) is 0 Å². The second-order valence-corrected chi connectivity index (χ2v) is 3.43. The zero-order valence-corrected chi connectivity index (χ0v) is 7.22. The van der Waals surface area contributed by atoms with E-state index in [1.807, 2.05) is 7.05 Å². The predicted octanol–water partition coefficient (Wildman–Crippen LogP) is -0.197. The molecule has 1 aliphatic rings. The van der Waals surface area contributed by atoms with Crippen LogP contribution in [0, 0.1) is 0 Å². The van der Waals surface area contributed by atoms with Gasteiger partial charge in [-0.1, -0.05) is 12.8 Å². The molecule has 1 saturated carbocycles. The van der Waals surface area contributed by atoms with E-state index in [1.165, 1.54) is 12.8 Å². The van der Waals surface area contributed by atoms with Crippen LogP contribution in [0.5, 0.6) is 0 Å². The Bertz CT molecular complexity index is 104. The lowest BCUT2D eigenvalue weighted by atomic mass is 10.0. The molecule has 0 amide bonds. The highest BCUT2D eigenvalue weighted by atomic mass is 15.0. The number of likely N-dealkylation sites (N-methyl/N-ethyl adjacent to an activating group) is 1. The van der Waals surface area contributed by atoms with Crippen LogP contribution in [0.1, 0.15) is 25.7 Å². The first-order chi connectivity index (χ1) is 5.25. The van der Waals surface area contributed by atoms with Crippen LogP contribution < -0.4 is 16.8 Å². The molecule has 0 spiro atoms. The Morgan fingerprint density at radius 1 is 1.09 bits per heavy atom. The molecule has 66 valence electrons. The van der Waals surface area contributed by atoms with E-state index in [2.05, 4.69) is 5.32 Å². The first-order valence-corrected chi connectivity index (χ1v) is 4.44. The maximum absolute atomic E-state index is 5.94. The van der Waals surface area contributed by atoms with Crippen LogP contribution in [0.2, 0.25) is 0 Å². The van der Waals surface area contributed by atoms with Crippen molar-refractivity contribution in [3.8, 4) is 0 Å². The van der Waals surface area contributed by atoms with Gasteiger partial charge in [-0.05, 0) is 19.9 Å². The molecule has 0 aromatic heterocycles. The van der Waals surface area contributed by atoms with E-state index in [9.17, 15) is 0 Å². The van der Waals surface area contributed by atoms with Gasteiger partial charge in [0.2, 0.25) is 0 Å². The monoisotopic (exact) mass is 157 g/mol. The Labute approximate surface area is 68.5 Å². The lowest BCUT2D eigenvalue weighted by Crippen LogP contribution is -2.53. The summed E-state index contributed by atoms with van der Waals surface area (Å²) in [5.74, 6) is 0. The van der Waals surface area contributed by atoms with E-state index in [0.29, 0.717) is 6.04 Å². The van der Waals surface area contributed by atoms with Crippen molar-refractivity contribution < 1.29 is 0 Å². The second kappa shape index (κ2) is 4.04. The summed E-state index contributed by atoms with van der Waals surface area (Å²) in [6.07, 6.45) is 4.68. The molecular weight excluding hydrogens is 138 g/mol. The highest BCUT2D eigenvalue weighted by Gasteiger charge is 2.24. The summed E-state index contributed by atoms with van der Waals surface area (Å²) in [6.45, 7) is 0. The van der Waals surface area contributed by atoms with Gasteiger partial charge in [0.25, 0.3) is 0 Å². The van der Waals surface area contributed by atoms with Gasteiger partial charge in [0.1, 0.15) is 0 Å². The van der Waals surface area contributed by atoms with Crippen LogP contribution in [0.15, 0.2) is 0 Å². The molecular formula is C8H19N3. The van der Waals surface area contributed by atoms with Crippen molar-refractivity contribution in [3.63, 3.8) is 0 Å². The fourth-order valence-corrected chi connectivity index (χ4v) is 1.86. The predicted molar refractivity (Wildman–Crippen MR) is 47.3 cm³/mol. The van der Waals surface area contributed by atoms with Gasteiger partial charge < -0.3 is 16.8 Å². The lowest BCUT2D eigenvalue weighted by Gasteiger charge is -2.25. The van der Waals surface area contributed by atoms with Crippen LogP contribution in [-0.2, 0) is 0 Å². The SMILES string of the molecule is CNC1C(N)CCCCC1N. The zero-order chi connectivity index (χ0) is 8.27. The number of rotatable bonds is 1. The standard InChI is InChI=1S/C8H19N3/c1-11-8-6(9)4-2-3-5-7(8)10/h6-8,11H,2-5,9-10H2,1H3. The molecule has 11 heavy (non-hydrogen) atoms. The Hall–Kier alpha value is -0.120. The molecule has 1 aliphatic carbocycles. The van der Waals surface area contributed by atoms with E-state index < -0.39 is 0 Å². The lowest BCUT2D eigenvalue weighted by molar-refractivity contribution is 0.392. The van der Waals surface area contributed by atoms with Crippen molar-refractivity contribution in [2.24, 2.45) is 11.5 Å². The van der Waals surface area contributed by atoms with E-state index in [4.69, 9.17) is 11.5 Å². The molecule has 0 heterocycles. The Balaban J connectivity index is 2.51. The summed E-state index contributed by atoms with van der Waals surface area (Å²) in [5.41, 5.74) is 11.9. The average molecular weight is 157 g/mol. The fraction of sp³-hybridized carbons (Fsp3) is 1.00. The van der Waals surface area contributed by atoms with Crippen molar-refractivity contribution >= 4 is 0 Å². The van der Waals surface area contributed by atoms with Gasteiger partial charge in [-0.25, -0.2) is 0 Å². The smallest absolute Gasteiger partial charge is 0.0368 e. The molecule has 5 N–H and O–H groups in total. The molecule has 0 radical (unpaired) electrons. The second-order valence-electron chi connectivity index (χ2n) is 3.43. The van der Waals surface area contributed by atoms with E-state index in [0.717, 1.165) is 12.8 Å². The molecule has 3 heteroatoms. The Kier molecular flexibility index (Phi) is 3.30. The van der Waals surface area contributed by atoms with Gasteiger partial charge in [-0.2, -0.15) is 0 Å². The maximum atomic E-state index is 5.94. The first kappa shape index (κ1) is 8.97. The van der Waals surface area contributed by atoms with Crippen molar-refractivity contribution in [3.05, 3.63) is 0 Å². The van der Waals surface area contributed by atoms with Gasteiger partial charge in [-0.15, -0.1) is 0 Å². The van der Waals surface area contributed by atoms with Crippen LogP contribution in [-0.4, -0.2) is 25.2 Å². The summed E-state index contributed by atoms with van der Waals surface area (Å²) in [4.78, 5) is 0. The molecule has 0 aliphatic heterocycles. The maximum Gasteiger partial charge on any atom is 0.0368 e. The molecule has 0 aromatic carbocycles. The average Bonchev–Trinajstić information content (AvgIpc) is 2.12. The van der Waals surface area contributed by atoms with Crippen LogP contribution in [0.4, 0.5) is 0 Å². The van der Waals surface area contributed by atoms with Crippen molar-refractivity contribution in [1.29, 1.82) is 0 Å². The number of nitrogens with two attached hydrogens (primary N) is 2. The van der Waals surface area contributed by atoms with E-state index in [1.54, 1.807) is 0 Å². The van der Waals surface area contributed by atoms with Crippen LogP contribution in [0.3, 0.4) is 0 Å². The third-order valence-electron chi connectivity index (χ3n) is 2.58. The summed E-state index contributed by atoms with van der Waals surface area (Å²) < 4.78 is 0. The highest BCUT2D eigenvalue weighted by molar-refractivity contribution is 4.89. The molecule has 0 saturated heterocycles. The zero-order valence-electron chi connectivity index (χ0n) is 7.22. The van der Waals surface area contributed by atoms with Gasteiger partial charge in [0.05, 0.1) is 0 Å². The summed E-state index contributed by atoms with van der Waals surface area (Å²) in [7, 11) is 1.94. The summed E-state index contributed by atoms with van der Waals surface area (Å²) in [5, 5.41) is 3.19. The van der Waals surface area contributed by atoms with Crippen molar-refractivity contribution in [2.45, 2.75) is 43.8 Å². The largest absolute Gasteiger partial charge is 0.326 e. The summed E-state index contributed by atoms with van der Waals surface area (Å²) in [6, 6.07) is 0.812. The number of hydrogen-bond donors (Lipinski definition) is 3. The molecule has 1 fully saturated rings. The number of nitrogens with one attached hydrogen (secondary N) is 1. The number of hydrogen-bond acceptors (Lipinski definition) is 3. The molecule has 0 aromatic rings. The van der Waals surface area contributed by atoms with Gasteiger partial charge >= 0.3 is 0 Å². The minimum absolute atomic E-state index is 0.248. The Morgan fingerprint density at radius 2 is 1.55 bits per heavy atom.